The molecule has 1 N–H and O–H groups in total. The van der Waals surface area contributed by atoms with Gasteiger partial charge in [-0.25, -0.2) is 4.98 Å². The summed E-state index contributed by atoms with van der Waals surface area (Å²) < 4.78 is 5.27. The first-order valence-electron chi connectivity index (χ1n) is 6.22. The second-order valence-corrected chi connectivity index (χ2v) is 4.91. The summed E-state index contributed by atoms with van der Waals surface area (Å²) in [4.78, 5) is 21.6. The van der Waals surface area contributed by atoms with E-state index >= 15 is 0 Å². The van der Waals surface area contributed by atoms with Crippen molar-refractivity contribution in [3.05, 3.63) is 40.0 Å². The van der Waals surface area contributed by atoms with Crippen LogP contribution in [0.4, 0.5) is 0 Å². The lowest BCUT2D eigenvalue weighted by Crippen LogP contribution is -2.36. The number of nitrogens with one attached hydrogen (secondary N) is 1. The van der Waals surface area contributed by atoms with Crippen molar-refractivity contribution in [2.45, 2.75) is 13.0 Å². The number of halogens is 1. The summed E-state index contributed by atoms with van der Waals surface area (Å²) in [5.41, 5.74) is 1.54. The van der Waals surface area contributed by atoms with Gasteiger partial charge in [0, 0.05) is 31.1 Å². The van der Waals surface area contributed by atoms with E-state index < -0.39 is 0 Å². The van der Waals surface area contributed by atoms with Crippen molar-refractivity contribution in [2.75, 3.05) is 19.0 Å². The minimum atomic E-state index is -0.0677. The third-order valence-corrected chi connectivity index (χ3v) is 3.48. The van der Waals surface area contributed by atoms with Crippen molar-refractivity contribution in [1.29, 1.82) is 0 Å². The van der Waals surface area contributed by atoms with E-state index in [1.54, 1.807) is 18.4 Å². The third-order valence-electron chi connectivity index (χ3n) is 3.31. The van der Waals surface area contributed by atoms with E-state index in [1.165, 1.54) is 0 Å². The van der Waals surface area contributed by atoms with E-state index in [4.69, 9.17) is 16.0 Å². The predicted octanol–water partition coefficient (Wildman–Crippen LogP) is 1.63. The first-order chi connectivity index (χ1) is 9.28. The maximum Gasteiger partial charge on any atom is 0.254 e. The average Bonchev–Trinajstić information content (AvgIpc) is 2.92. The highest BCUT2D eigenvalue weighted by Crippen LogP contribution is 2.18. The summed E-state index contributed by atoms with van der Waals surface area (Å²) in [5.74, 6) is 1.65. The zero-order valence-corrected chi connectivity index (χ0v) is 11.1. The Labute approximate surface area is 115 Å². The fraction of sp³-hybridized carbons (Fsp3) is 0.385. The molecule has 0 radical (unpaired) electrons. The SMILES string of the molecule is O=c1[nH]c(-c2ccco2)nc2c1CCN(CCCl)C2. The van der Waals surface area contributed by atoms with E-state index in [0.29, 0.717) is 30.4 Å². The van der Waals surface area contributed by atoms with Crippen LogP contribution in [0.2, 0.25) is 0 Å². The van der Waals surface area contributed by atoms with Gasteiger partial charge in [0.05, 0.1) is 12.0 Å². The minimum Gasteiger partial charge on any atom is -0.461 e. The second-order valence-electron chi connectivity index (χ2n) is 4.53. The van der Waals surface area contributed by atoms with E-state index in [0.717, 1.165) is 24.3 Å². The molecular formula is C13H14ClN3O2. The molecule has 0 aliphatic carbocycles. The van der Waals surface area contributed by atoms with Crippen molar-refractivity contribution in [3.8, 4) is 11.6 Å². The molecule has 0 fully saturated rings. The lowest BCUT2D eigenvalue weighted by Gasteiger charge is -2.26. The van der Waals surface area contributed by atoms with Gasteiger partial charge in [-0.3, -0.25) is 9.69 Å². The van der Waals surface area contributed by atoms with E-state index in [-0.39, 0.29) is 5.56 Å². The van der Waals surface area contributed by atoms with Crippen LogP contribution in [0.3, 0.4) is 0 Å². The smallest absolute Gasteiger partial charge is 0.254 e. The van der Waals surface area contributed by atoms with Crippen LogP contribution in [-0.2, 0) is 13.0 Å². The van der Waals surface area contributed by atoms with Crippen LogP contribution < -0.4 is 5.56 Å². The molecule has 2 aromatic rings. The molecule has 0 aromatic carbocycles. The number of rotatable bonds is 3. The molecule has 19 heavy (non-hydrogen) atoms. The van der Waals surface area contributed by atoms with E-state index in [9.17, 15) is 4.79 Å². The van der Waals surface area contributed by atoms with Gasteiger partial charge in [-0.05, 0) is 18.6 Å². The number of hydrogen-bond donors (Lipinski definition) is 1. The quantitative estimate of drug-likeness (QED) is 0.868. The standard InChI is InChI=1S/C13H14ClN3O2/c14-4-6-17-5-3-9-10(8-17)15-12(16-13(9)18)11-2-1-7-19-11/h1-2,7H,3-6,8H2,(H,15,16,18). The van der Waals surface area contributed by atoms with Gasteiger partial charge in [0.25, 0.3) is 5.56 Å². The number of furan rings is 1. The van der Waals surface area contributed by atoms with Crippen LogP contribution in [-0.4, -0.2) is 33.8 Å². The average molecular weight is 280 g/mol. The largest absolute Gasteiger partial charge is 0.461 e. The molecule has 1 aliphatic rings. The summed E-state index contributed by atoms with van der Waals surface area (Å²) in [6.45, 7) is 2.33. The predicted molar refractivity (Wildman–Crippen MR) is 72.3 cm³/mol. The summed E-state index contributed by atoms with van der Waals surface area (Å²) in [7, 11) is 0. The lowest BCUT2D eigenvalue weighted by atomic mass is 10.1. The third kappa shape index (κ3) is 2.43. The van der Waals surface area contributed by atoms with Gasteiger partial charge in [-0.2, -0.15) is 0 Å². The topological polar surface area (TPSA) is 62.1 Å². The number of H-pyrrole nitrogens is 1. The normalized spacial score (nSPS) is 15.4. The fourth-order valence-electron chi connectivity index (χ4n) is 2.33. The van der Waals surface area contributed by atoms with Crippen LogP contribution in [0.15, 0.2) is 27.6 Å². The van der Waals surface area contributed by atoms with E-state index in [2.05, 4.69) is 14.9 Å². The van der Waals surface area contributed by atoms with Gasteiger partial charge in [-0.1, -0.05) is 0 Å². The second kappa shape index (κ2) is 5.19. The number of aromatic amines is 1. The molecule has 0 saturated heterocycles. The highest BCUT2D eigenvalue weighted by molar-refractivity contribution is 6.18. The number of hydrogen-bond acceptors (Lipinski definition) is 4. The van der Waals surface area contributed by atoms with Crippen LogP contribution in [0.5, 0.6) is 0 Å². The van der Waals surface area contributed by atoms with Gasteiger partial charge in [0.2, 0.25) is 0 Å². The van der Waals surface area contributed by atoms with Gasteiger partial charge < -0.3 is 9.40 Å². The van der Waals surface area contributed by atoms with Crippen molar-refractivity contribution >= 4 is 11.6 Å². The summed E-state index contributed by atoms with van der Waals surface area (Å²) >= 11 is 5.76. The number of aromatic nitrogens is 2. The minimum absolute atomic E-state index is 0.0677. The molecule has 0 bridgehead atoms. The lowest BCUT2D eigenvalue weighted by molar-refractivity contribution is 0.264. The van der Waals surface area contributed by atoms with Crippen molar-refractivity contribution in [3.63, 3.8) is 0 Å². The maximum atomic E-state index is 12.1. The first-order valence-corrected chi connectivity index (χ1v) is 6.75. The molecule has 100 valence electrons. The van der Waals surface area contributed by atoms with Crippen molar-refractivity contribution in [2.24, 2.45) is 0 Å². The molecule has 0 spiro atoms. The van der Waals surface area contributed by atoms with Gasteiger partial charge in [0.15, 0.2) is 11.6 Å². The Hall–Kier alpha value is -1.59. The van der Waals surface area contributed by atoms with Gasteiger partial charge in [0.1, 0.15) is 0 Å². The highest BCUT2D eigenvalue weighted by Gasteiger charge is 2.21. The molecule has 1 aliphatic heterocycles. The summed E-state index contributed by atoms with van der Waals surface area (Å²) in [5, 5.41) is 0. The summed E-state index contributed by atoms with van der Waals surface area (Å²) in [6.07, 6.45) is 2.28. The molecule has 3 heterocycles. The maximum absolute atomic E-state index is 12.1. The molecule has 0 amide bonds. The van der Waals surface area contributed by atoms with Crippen molar-refractivity contribution < 1.29 is 4.42 Å². The molecule has 6 heteroatoms. The molecular weight excluding hydrogens is 266 g/mol. The fourth-order valence-corrected chi connectivity index (χ4v) is 2.57. The van der Waals surface area contributed by atoms with Crippen LogP contribution >= 0.6 is 11.6 Å². The van der Waals surface area contributed by atoms with Gasteiger partial charge in [-0.15, -0.1) is 11.6 Å². The molecule has 5 nitrogen and oxygen atoms in total. The molecule has 0 atom stereocenters. The zero-order valence-electron chi connectivity index (χ0n) is 10.4. The van der Waals surface area contributed by atoms with Crippen LogP contribution in [0.25, 0.3) is 11.6 Å². The van der Waals surface area contributed by atoms with Gasteiger partial charge >= 0.3 is 0 Å². The Balaban J connectivity index is 1.98. The highest BCUT2D eigenvalue weighted by atomic mass is 35.5. The van der Waals surface area contributed by atoms with Crippen LogP contribution in [0.1, 0.15) is 11.3 Å². The zero-order chi connectivity index (χ0) is 13.2. The molecule has 2 aromatic heterocycles. The first kappa shape index (κ1) is 12.4. The molecule has 0 unspecified atom stereocenters. The number of nitrogens with zero attached hydrogens (tertiary/aromatic N) is 2. The molecule has 3 rings (SSSR count). The van der Waals surface area contributed by atoms with E-state index in [1.807, 2.05) is 0 Å². The molecule has 0 saturated carbocycles. The Kier molecular flexibility index (Phi) is 3.40. The Bertz CT molecular complexity index is 621. The Morgan fingerprint density at radius 3 is 3.16 bits per heavy atom. The Morgan fingerprint density at radius 1 is 1.53 bits per heavy atom. The summed E-state index contributed by atoms with van der Waals surface area (Å²) in [6, 6.07) is 3.55. The number of fused-ring (bicyclic) bond motifs is 1. The number of alkyl halides is 1. The van der Waals surface area contributed by atoms with Crippen LogP contribution in [0, 0.1) is 0 Å². The van der Waals surface area contributed by atoms with Crippen molar-refractivity contribution in [1.82, 2.24) is 14.9 Å². The monoisotopic (exact) mass is 279 g/mol. The Morgan fingerprint density at radius 2 is 2.42 bits per heavy atom.